The fraction of sp³-hybridized carbons (Fsp3) is 0.368. The van der Waals surface area contributed by atoms with E-state index in [9.17, 15) is 4.39 Å². The normalized spacial score (nSPS) is 13.2. The van der Waals surface area contributed by atoms with Crippen molar-refractivity contribution in [3.8, 4) is 0 Å². The molecule has 0 aliphatic rings. The summed E-state index contributed by atoms with van der Waals surface area (Å²) in [4.78, 5) is 0. The summed E-state index contributed by atoms with van der Waals surface area (Å²) in [7, 11) is 0. The second kappa shape index (κ2) is 5.98. The summed E-state index contributed by atoms with van der Waals surface area (Å²) in [5, 5.41) is 0. The molecule has 0 spiro atoms. The zero-order valence-corrected chi connectivity index (χ0v) is 13.3. The number of benzene rings is 2. The van der Waals surface area contributed by atoms with Gasteiger partial charge in [-0.3, -0.25) is 0 Å². The maximum absolute atomic E-state index is 13.1. The summed E-state index contributed by atoms with van der Waals surface area (Å²) in [6.45, 7) is 8.47. The molecule has 1 nitrogen and oxygen atoms in total. The highest BCUT2D eigenvalue weighted by Gasteiger charge is 2.28. The summed E-state index contributed by atoms with van der Waals surface area (Å²) in [6, 6.07) is 13.1. The highest BCUT2D eigenvalue weighted by molar-refractivity contribution is 5.32. The maximum Gasteiger partial charge on any atom is 0.123 e. The van der Waals surface area contributed by atoms with Crippen molar-refractivity contribution in [1.82, 2.24) is 0 Å². The quantitative estimate of drug-likeness (QED) is 0.891. The van der Waals surface area contributed by atoms with E-state index in [2.05, 4.69) is 45.9 Å². The van der Waals surface area contributed by atoms with Crippen LogP contribution in [0, 0.1) is 19.7 Å². The smallest absolute Gasteiger partial charge is 0.123 e. The van der Waals surface area contributed by atoms with Gasteiger partial charge >= 0.3 is 0 Å². The lowest BCUT2D eigenvalue weighted by atomic mass is 9.76. The minimum atomic E-state index is -0.211. The molecule has 2 aromatic carbocycles. The Labute approximate surface area is 127 Å². The third kappa shape index (κ3) is 3.51. The lowest BCUT2D eigenvalue weighted by Gasteiger charge is -2.32. The Morgan fingerprint density at radius 3 is 2.19 bits per heavy atom. The summed E-state index contributed by atoms with van der Waals surface area (Å²) < 4.78 is 13.1. The van der Waals surface area contributed by atoms with E-state index in [-0.39, 0.29) is 17.3 Å². The van der Waals surface area contributed by atoms with Crippen LogP contribution in [0.4, 0.5) is 4.39 Å². The predicted molar refractivity (Wildman–Crippen MR) is 87.0 cm³/mol. The molecule has 0 saturated heterocycles. The van der Waals surface area contributed by atoms with Crippen LogP contribution in [-0.2, 0) is 11.8 Å². The van der Waals surface area contributed by atoms with Gasteiger partial charge in [0.05, 0.1) is 0 Å². The third-order valence-corrected chi connectivity index (χ3v) is 4.54. The first-order valence-corrected chi connectivity index (χ1v) is 7.38. The molecule has 21 heavy (non-hydrogen) atoms. The van der Waals surface area contributed by atoms with E-state index in [1.807, 2.05) is 12.1 Å². The average molecular weight is 285 g/mol. The van der Waals surface area contributed by atoms with E-state index in [1.54, 1.807) is 0 Å². The second-order valence-corrected chi connectivity index (χ2v) is 6.46. The van der Waals surface area contributed by atoms with Crippen LogP contribution in [0.3, 0.4) is 0 Å². The number of rotatable bonds is 4. The Morgan fingerprint density at radius 1 is 1.00 bits per heavy atom. The van der Waals surface area contributed by atoms with E-state index in [0.717, 1.165) is 12.0 Å². The molecule has 0 radical (unpaired) electrons. The lowest BCUT2D eigenvalue weighted by molar-refractivity contribution is 0.406. The van der Waals surface area contributed by atoms with Gasteiger partial charge in [-0.05, 0) is 54.7 Å². The molecule has 0 amide bonds. The van der Waals surface area contributed by atoms with Crippen LogP contribution in [0.15, 0.2) is 42.5 Å². The first kappa shape index (κ1) is 15.7. The average Bonchev–Trinajstić information content (AvgIpc) is 2.43. The fourth-order valence-electron chi connectivity index (χ4n) is 2.53. The van der Waals surface area contributed by atoms with Crippen LogP contribution >= 0.6 is 0 Å². The third-order valence-electron chi connectivity index (χ3n) is 4.54. The van der Waals surface area contributed by atoms with Gasteiger partial charge in [0, 0.05) is 11.5 Å². The Kier molecular flexibility index (Phi) is 4.48. The molecule has 2 aromatic rings. The second-order valence-electron chi connectivity index (χ2n) is 6.46. The van der Waals surface area contributed by atoms with Crippen molar-refractivity contribution >= 4 is 0 Å². The van der Waals surface area contributed by atoms with Crippen LogP contribution in [0.2, 0.25) is 0 Å². The van der Waals surface area contributed by atoms with Gasteiger partial charge in [0.25, 0.3) is 0 Å². The monoisotopic (exact) mass is 285 g/mol. The standard InChI is InChI=1S/C19H24FN/c1-13-5-6-15(11-14(13)2)12-18(21)19(3,4)16-7-9-17(20)10-8-16/h5-11,18H,12,21H2,1-4H3. The van der Waals surface area contributed by atoms with Crippen LogP contribution < -0.4 is 5.73 Å². The molecule has 112 valence electrons. The van der Waals surface area contributed by atoms with Gasteiger partial charge in [-0.2, -0.15) is 0 Å². The molecule has 0 fully saturated rings. The largest absolute Gasteiger partial charge is 0.327 e. The van der Waals surface area contributed by atoms with E-state index in [1.165, 1.54) is 28.8 Å². The van der Waals surface area contributed by atoms with Crippen LogP contribution in [0.1, 0.15) is 36.1 Å². The van der Waals surface area contributed by atoms with Gasteiger partial charge in [-0.15, -0.1) is 0 Å². The summed E-state index contributed by atoms with van der Waals surface area (Å²) in [6.07, 6.45) is 0.811. The molecule has 1 atom stereocenters. The first-order chi connectivity index (χ1) is 9.80. The molecule has 2 N–H and O–H groups in total. The topological polar surface area (TPSA) is 26.0 Å². The molecular formula is C19H24FN. The zero-order chi connectivity index (χ0) is 15.6. The fourth-order valence-corrected chi connectivity index (χ4v) is 2.53. The van der Waals surface area contributed by atoms with Gasteiger partial charge < -0.3 is 5.73 Å². The van der Waals surface area contributed by atoms with Crippen LogP contribution in [0.25, 0.3) is 0 Å². The molecule has 2 heteroatoms. The Bertz CT molecular complexity index is 614. The minimum absolute atomic E-state index is 0.0231. The molecule has 0 aliphatic heterocycles. The highest BCUT2D eigenvalue weighted by atomic mass is 19.1. The maximum atomic E-state index is 13.1. The van der Waals surface area contributed by atoms with E-state index in [0.29, 0.717) is 0 Å². The van der Waals surface area contributed by atoms with Crippen LogP contribution in [-0.4, -0.2) is 6.04 Å². The van der Waals surface area contributed by atoms with E-state index in [4.69, 9.17) is 5.73 Å². The molecular weight excluding hydrogens is 261 g/mol. The van der Waals surface area contributed by atoms with Gasteiger partial charge in [-0.25, -0.2) is 4.39 Å². The van der Waals surface area contributed by atoms with Crippen molar-refractivity contribution < 1.29 is 4.39 Å². The molecule has 0 heterocycles. The molecule has 0 saturated carbocycles. The molecule has 2 rings (SSSR count). The first-order valence-electron chi connectivity index (χ1n) is 7.38. The highest BCUT2D eigenvalue weighted by Crippen LogP contribution is 2.28. The molecule has 1 unspecified atom stereocenters. The SMILES string of the molecule is Cc1ccc(CC(N)C(C)(C)c2ccc(F)cc2)cc1C. The van der Waals surface area contributed by atoms with E-state index < -0.39 is 0 Å². The van der Waals surface area contributed by atoms with Gasteiger partial charge in [0.15, 0.2) is 0 Å². The summed E-state index contributed by atoms with van der Waals surface area (Å²) in [5.41, 5.74) is 11.2. The van der Waals surface area contributed by atoms with Gasteiger partial charge in [-0.1, -0.05) is 44.2 Å². The molecule has 0 bridgehead atoms. The molecule has 0 aromatic heterocycles. The van der Waals surface area contributed by atoms with Crippen molar-refractivity contribution in [2.45, 2.75) is 45.6 Å². The number of aryl methyl sites for hydroxylation is 2. The van der Waals surface area contributed by atoms with Crippen molar-refractivity contribution in [2.24, 2.45) is 5.73 Å². The van der Waals surface area contributed by atoms with Crippen molar-refractivity contribution in [2.75, 3.05) is 0 Å². The Morgan fingerprint density at radius 2 is 1.62 bits per heavy atom. The number of hydrogen-bond donors (Lipinski definition) is 1. The minimum Gasteiger partial charge on any atom is -0.327 e. The van der Waals surface area contributed by atoms with Crippen LogP contribution in [0.5, 0.6) is 0 Å². The van der Waals surface area contributed by atoms with E-state index >= 15 is 0 Å². The Hall–Kier alpha value is -1.67. The van der Waals surface area contributed by atoms with Crippen molar-refractivity contribution in [1.29, 1.82) is 0 Å². The van der Waals surface area contributed by atoms with Gasteiger partial charge in [0.2, 0.25) is 0 Å². The summed E-state index contributed by atoms with van der Waals surface area (Å²) in [5.74, 6) is -0.211. The summed E-state index contributed by atoms with van der Waals surface area (Å²) >= 11 is 0. The number of nitrogens with two attached hydrogens (primary N) is 1. The number of halogens is 1. The number of hydrogen-bond acceptors (Lipinski definition) is 1. The van der Waals surface area contributed by atoms with Crippen molar-refractivity contribution in [3.05, 3.63) is 70.5 Å². The van der Waals surface area contributed by atoms with Crippen molar-refractivity contribution in [3.63, 3.8) is 0 Å². The predicted octanol–water partition coefficient (Wildman–Crippen LogP) is 4.29. The molecule has 0 aliphatic carbocycles. The zero-order valence-electron chi connectivity index (χ0n) is 13.3. The Balaban J connectivity index is 2.19. The van der Waals surface area contributed by atoms with Gasteiger partial charge in [0.1, 0.15) is 5.82 Å². The lowest BCUT2D eigenvalue weighted by Crippen LogP contribution is -2.42.